The summed E-state index contributed by atoms with van der Waals surface area (Å²) < 4.78 is 25.9. The molecule has 0 unspecified atom stereocenters. The maximum atomic E-state index is 13.1. The summed E-state index contributed by atoms with van der Waals surface area (Å²) >= 11 is 1.08. The maximum Gasteiger partial charge on any atom is 0.230 e. The smallest absolute Gasteiger partial charge is 0.230 e. The van der Waals surface area contributed by atoms with E-state index in [1.165, 1.54) is 6.07 Å². The van der Waals surface area contributed by atoms with Gasteiger partial charge in [0.15, 0.2) is 16.8 Å². The van der Waals surface area contributed by atoms with Crippen LogP contribution in [0.25, 0.3) is 0 Å². The molecular formula is C11H11F2N5S. The van der Waals surface area contributed by atoms with Gasteiger partial charge in [-0.3, -0.25) is 0 Å². The van der Waals surface area contributed by atoms with Crippen LogP contribution in [0.15, 0.2) is 28.3 Å². The molecule has 0 aliphatic rings. The van der Waals surface area contributed by atoms with Crippen molar-refractivity contribution in [2.45, 2.75) is 10.1 Å². The van der Waals surface area contributed by atoms with Crippen molar-refractivity contribution < 1.29 is 8.78 Å². The van der Waals surface area contributed by atoms with Gasteiger partial charge in [-0.15, -0.1) is 0 Å². The lowest BCUT2D eigenvalue weighted by Crippen LogP contribution is -2.15. The molecule has 100 valence electrons. The zero-order valence-electron chi connectivity index (χ0n) is 10.3. The molecule has 19 heavy (non-hydrogen) atoms. The van der Waals surface area contributed by atoms with E-state index in [-0.39, 0.29) is 5.95 Å². The highest BCUT2D eigenvalue weighted by molar-refractivity contribution is 7.99. The quantitative estimate of drug-likeness (QED) is 0.928. The van der Waals surface area contributed by atoms with Crippen LogP contribution in [-0.4, -0.2) is 29.0 Å². The van der Waals surface area contributed by atoms with Gasteiger partial charge in [-0.05, 0) is 30.0 Å². The zero-order valence-corrected chi connectivity index (χ0v) is 11.1. The van der Waals surface area contributed by atoms with Crippen LogP contribution in [0.5, 0.6) is 0 Å². The molecule has 0 radical (unpaired) electrons. The lowest BCUT2D eigenvalue weighted by atomic mass is 10.3. The maximum absolute atomic E-state index is 13.1. The van der Waals surface area contributed by atoms with E-state index in [1.54, 1.807) is 19.0 Å². The van der Waals surface area contributed by atoms with Crippen molar-refractivity contribution >= 4 is 23.7 Å². The SMILES string of the molecule is CN(C)c1nc(N)nc(Sc2ccc(F)c(F)c2)n1. The summed E-state index contributed by atoms with van der Waals surface area (Å²) in [5.74, 6) is -1.34. The van der Waals surface area contributed by atoms with Crippen LogP contribution >= 0.6 is 11.8 Å². The average Bonchev–Trinajstić information content (AvgIpc) is 2.33. The molecule has 0 saturated heterocycles. The molecule has 0 saturated carbocycles. The minimum Gasteiger partial charge on any atom is -0.368 e. The fraction of sp³-hybridized carbons (Fsp3) is 0.182. The number of nitrogen functional groups attached to an aromatic ring is 1. The third-order valence-corrected chi connectivity index (χ3v) is 2.98. The molecule has 2 aromatic rings. The summed E-state index contributed by atoms with van der Waals surface area (Å²) in [7, 11) is 3.53. The molecule has 0 fully saturated rings. The molecular weight excluding hydrogens is 272 g/mol. The van der Waals surface area contributed by atoms with Gasteiger partial charge in [-0.25, -0.2) is 8.78 Å². The van der Waals surface area contributed by atoms with E-state index in [4.69, 9.17) is 5.73 Å². The number of nitrogens with two attached hydrogens (primary N) is 1. The van der Waals surface area contributed by atoms with Crippen LogP contribution < -0.4 is 10.6 Å². The molecule has 8 heteroatoms. The Labute approximate surface area is 112 Å². The third-order valence-electron chi connectivity index (χ3n) is 2.12. The van der Waals surface area contributed by atoms with Crippen molar-refractivity contribution in [3.05, 3.63) is 29.8 Å². The summed E-state index contributed by atoms with van der Waals surface area (Å²) in [6.07, 6.45) is 0. The Morgan fingerprint density at radius 3 is 2.47 bits per heavy atom. The van der Waals surface area contributed by atoms with Crippen molar-refractivity contribution in [1.82, 2.24) is 15.0 Å². The first-order valence-electron chi connectivity index (χ1n) is 5.27. The molecule has 1 heterocycles. The fourth-order valence-corrected chi connectivity index (χ4v) is 2.03. The lowest BCUT2D eigenvalue weighted by molar-refractivity contribution is 0.506. The number of anilines is 2. The molecule has 0 spiro atoms. The summed E-state index contributed by atoms with van der Waals surface area (Å²) in [5, 5.41) is 0.321. The second kappa shape index (κ2) is 5.35. The minimum atomic E-state index is -0.917. The highest BCUT2D eigenvalue weighted by atomic mass is 32.2. The minimum absolute atomic E-state index is 0.0729. The number of rotatable bonds is 3. The first kappa shape index (κ1) is 13.5. The molecule has 2 N–H and O–H groups in total. The number of hydrogen-bond acceptors (Lipinski definition) is 6. The van der Waals surface area contributed by atoms with E-state index in [0.29, 0.717) is 16.0 Å². The van der Waals surface area contributed by atoms with E-state index in [9.17, 15) is 8.78 Å². The van der Waals surface area contributed by atoms with E-state index in [1.807, 2.05) is 0 Å². The normalized spacial score (nSPS) is 10.5. The number of benzene rings is 1. The van der Waals surface area contributed by atoms with Crippen molar-refractivity contribution in [1.29, 1.82) is 0 Å². The Hall–Kier alpha value is -1.96. The van der Waals surface area contributed by atoms with E-state index in [0.717, 1.165) is 23.9 Å². The van der Waals surface area contributed by atoms with Crippen LogP contribution in [0.3, 0.4) is 0 Å². The third kappa shape index (κ3) is 3.28. The van der Waals surface area contributed by atoms with Gasteiger partial charge >= 0.3 is 0 Å². The van der Waals surface area contributed by atoms with Crippen LogP contribution in [0, 0.1) is 11.6 Å². The molecule has 2 rings (SSSR count). The fourth-order valence-electron chi connectivity index (χ4n) is 1.25. The number of hydrogen-bond donors (Lipinski definition) is 1. The van der Waals surface area contributed by atoms with Crippen LogP contribution in [0.2, 0.25) is 0 Å². The number of nitrogens with zero attached hydrogens (tertiary/aromatic N) is 4. The van der Waals surface area contributed by atoms with Gasteiger partial charge in [0.2, 0.25) is 11.9 Å². The standard InChI is InChI=1S/C11H11F2N5S/c1-18(2)10-15-9(14)16-11(17-10)19-6-3-4-7(12)8(13)5-6/h3-5H,1-2H3,(H2,14,15,16,17). The van der Waals surface area contributed by atoms with Crippen LogP contribution in [0.1, 0.15) is 0 Å². The topological polar surface area (TPSA) is 67.9 Å². The Kier molecular flexibility index (Phi) is 3.79. The number of aromatic nitrogens is 3. The Balaban J connectivity index is 2.29. The first-order valence-corrected chi connectivity index (χ1v) is 6.09. The van der Waals surface area contributed by atoms with Crippen molar-refractivity contribution in [3.63, 3.8) is 0 Å². The predicted molar refractivity (Wildman–Crippen MR) is 69.0 cm³/mol. The molecule has 0 atom stereocenters. The van der Waals surface area contributed by atoms with Crippen LogP contribution in [0.4, 0.5) is 20.7 Å². The summed E-state index contributed by atoms with van der Waals surface area (Å²) in [4.78, 5) is 14.2. The summed E-state index contributed by atoms with van der Waals surface area (Å²) in [6.45, 7) is 0. The van der Waals surface area contributed by atoms with Gasteiger partial charge in [-0.1, -0.05) is 0 Å². The van der Waals surface area contributed by atoms with Crippen molar-refractivity contribution in [3.8, 4) is 0 Å². The van der Waals surface area contributed by atoms with Gasteiger partial charge in [0.25, 0.3) is 0 Å². The average molecular weight is 283 g/mol. The second-order valence-electron chi connectivity index (χ2n) is 3.85. The first-order chi connectivity index (χ1) is 8.95. The molecule has 5 nitrogen and oxygen atoms in total. The van der Waals surface area contributed by atoms with E-state index >= 15 is 0 Å². The van der Waals surface area contributed by atoms with Gasteiger partial charge in [-0.2, -0.15) is 15.0 Å². The van der Waals surface area contributed by atoms with E-state index < -0.39 is 11.6 Å². The van der Waals surface area contributed by atoms with Crippen molar-refractivity contribution in [2.75, 3.05) is 24.7 Å². The van der Waals surface area contributed by atoms with Crippen molar-refractivity contribution in [2.24, 2.45) is 0 Å². The molecule has 0 aliphatic carbocycles. The van der Waals surface area contributed by atoms with Crippen LogP contribution in [-0.2, 0) is 0 Å². The van der Waals surface area contributed by atoms with Gasteiger partial charge in [0.1, 0.15) is 0 Å². The monoisotopic (exact) mass is 283 g/mol. The Morgan fingerprint density at radius 2 is 1.84 bits per heavy atom. The molecule has 0 aliphatic heterocycles. The zero-order chi connectivity index (χ0) is 14.0. The second-order valence-corrected chi connectivity index (χ2v) is 4.89. The highest BCUT2D eigenvalue weighted by Crippen LogP contribution is 2.27. The van der Waals surface area contributed by atoms with Gasteiger partial charge in [0.05, 0.1) is 0 Å². The van der Waals surface area contributed by atoms with Gasteiger partial charge < -0.3 is 10.6 Å². The predicted octanol–water partition coefficient (Wildman–Crippen LogP) is 1.95. The summed E-state index contributed by atoms with van der Waals surface area (Å²) in [6, 6.07) is 3.57. The Morgan fingerprint density at radius 1 is 1.11 bits per heavy atom. The Bertz CT molecular complexity index is 606. The molecule has 1 aromatic carbocycles. The number of halogens is 2. The largest absolute Gasteiger partial charge is 0.368 e. The summed E-state index contributed by atoms with van der Waals surface area (Å²) in [5.41, 5.74) is 5.57. The molecule has 0 bridgehead atoms. The molecule has 0 amide bonds. The molecule has 1 aromatic heterocycles. The van der Waals surface area contributed by atoms with E-state index in [2.05, 4.69) is 15.0 Å². The highest BCUT2D eigenvalue weighted by Gasteiger charge is 2.09. The lowest BCUT2D eigenvalue weighted by Gasteiger charge is -2.11. The van der Waals surface area contributed by atoms with Gasteiger partial charge in [0, 0.05) is 19.0 Å².